The summed E-state index contributed by atoms with van der Waals surface area (Å²) in [5.41, 5.74) is 1.76. The molecule has 4 aromatic carbocycles. The Labute approximate surface area is 277 Å². The molecule has 8 nitrogen and oxygen atoms in total. The molecule has 10 heteroatoms. The highest BCUT2D eigenvalue weighted by Gasteiger charge is 2.35. The zero-order valence-corrected chi connectivity index (χ0v) is 27.9. The number of sulfonamides is 1. The molecule has 0 bridgehead atoms. The summed E-state index contributed by atoms with van der Waals surface area (Å²) in [6, 6.07) is 30.1. The molecule has 0 radical (unpaired) electrons. The fraction of sp³-hybridized carbons (Fsp3) is 0.278. The van der Waals surface area contributed by atoms with Gasteiger partial charge >= 0.3 is 0 Å². The smallest absolute Gasteiger partial charge is 0.264 e. The standard InChI is InChI=1S/C36H40ClN3O5S/c1-4-45-31-21-19-30(20-22-31)40(46(43,44)32-16-9-6-10-17-32)26-35(41)39(25-29-15-11-12-18-33(29)37)34(36(42)38-24-27(2)3)23-28-13-7-5-8-14-28/h5-22,27,34H,4,23-26H2,1-3H3,(H,38,42)/t34-/m0/s1. The number of benzene rings is 4. The number of halogens is 1. The predicted octanol–water partition coefficient (Wildman–Crippen LogP) is 6.35. The molecular formula is C36H40ClN3O5S. The second kappa shape index (κ2) is 16.3. The first-order chi connectivity index (χ1) is 22.1. The Kier molecular flexibility index (Phi) is 12.2. The van der Waals surface area contributed by atoms with Gasteiger partial charge in [-0.3, -0.25) is 13.9 Å². The van der Waals surface area contributed by atoms with Crippen LogP contribution < -0.4 is 14.4 Å². The summed E-state index contributed by atoms with van der Waals surface area (Å²) in [6.07, 6.45) is 0.218. The van der Waals surface area contributed by atoms with Crippen LogP contribution in [-0.4, -0.2) is 50.9 Å². The number of hydrogen-bond donors (Lipinski definition) is 1. The monoisotopic (exact) mass is 661 g/mol. The van der Waals surface area contributed by atoms with E-state index in [-0.39, 0.29) is 35.4 Å². The van der Waals surface area contributed by atoms with Crippen molar-refractivity contribution in [2.24, 2.45) is 5.92 Å². The Morgan fingerprint density at radius 2 is 1.46 bits per heavy atom. The summed E-state index contributed by atoms with van der Waals surface area (Å²) in [4.78, 5) is 29.9. The molecule has 0 aromatic heterocycles. The third-order valence-electron chi connectivity index (χ3n) is 7.30. The Morgan fingerprint density at radius 3 is 2.07 bits per heavy atom. The number of hydrogen-bond acceptors (Lipinski definition) is 5. The SMILES string of the molecule is CCOc1ccc(N(CC(=O)N(Cc2ccccc2Cl)[C@@H](Cc2ccccc2)C(=O)NCC(C)C)S(=O)(=O)c2ccccc2)cc1. The molecule has 0 unspecified atom stereocenters. The molecular weight excluding hydrogens is 622 g/mol. The van der Waals surface area contributed by atoms with Gasteiger partial charge in [0.15, 0.2) is 0 Å². The number of carbonyl (C=O) groups is 2. The van der Waals surface area contributed by atoms with Crippen molar-refractivity contribution in [1.82, 2.24) is 10.2 Å². The van der Waals surface area contributed by atoms with Crippen LogP contribution in [0.5, 0.6) is 5.75 Å². The van der Waals surface area contributed by atoms with Crippen LogP contribution in [0.4, 0.5) is 5.69 Å². The minimum Gasteiger partial charge on any atom is -0.494 e. The van der Waals surface area contributed by atoms with Crippen molar-refractivity contribution in [2.45, 2.75) is 44.7 Å². The third kappa shape index (κ3) is 9.11. The Balaban J connectivity index is 1.80. The first kappa shape index (κ1) is 34.5. The van der Waals surface area contributed by atoms with Crippen LogP contribution in [0.15, 0.2) is 114 Å². The molecule has 46 heavy (non-hydrogen) atoms. The van der Waals surface area contributed by atoms with Crippen LogP contribution in [0.3, 0.4) is 0 Å². The van der Waals surface area contributed by atoms with Crippen molar-refractivity contribution in [1.29, 1.82) is 0 Å². The fourth-order valence-electron chi connectivity index (χ4n) is 4.91. The van der Waals surface area contributed by atoms with Gasteiger partial charge in [-0.1, -0.05) is 92.2 Å². The molecule has 0 fully saturated rings. The first-order valence-corrected chi connectivity index (χ1v) is 17.1. The summed E-state index contributed by atoms with van der Waals surface area (Å²) in [6.45, 7) is 6.13. The maximum atomic E-state index is 14.5. The van der Waals surface area contributed by atoms with E-state index in [0.29, 0.717) is 29.5 Å². The average Bonchev–Trinajstić information content (AvgIpc) is 3.06. The lowest BCUT2D eigenvalue weighted by Crippen LogP contribution is -2.53. The van der Waals surface area contributed by atoms with Crippen molar-refractivity contribution in [3.8, 4) is 5.75 Å². The van der Waals surface area contributed by atoms with Gasteiger partial charge in [-0.15, -0.1) is 0 Å². The quantitative estimate of drug-likeness (QED) is 0.160. The molecule has 0 aliphatic heterocycles. The molecule has 2 amide bonds. The highest BCUT2D eigenvalue weighted by Crippen LogP contribution is 2.27. The summed E-state index contributed by atoms with van der Waals surface area (Å²) in [5, 5.41) is 3.42. The Hall–Kier alpha value is -4.34. The maximum absolute atomic E-state index is 14.5. The van der Waals surface area contributed by atoms with Gasteiger partial charge in [0.1, 0.15) is 18.3 Å². The van der Waals surface area contributed by atoms with Gasteiger partial charge in [0, 0.05) is 24.5 Å². The molecule has 1 N–H and O–H groups in total. The van der Waals surface area contributed by atoms with E-state index < -0.39 is 28.5 Å². The van der Waals surface area contributed by atoms with E-state index in [1.165, 1.54) is 17.0 Å². The molecule has 4 aromatic rings. The zero-order chi connectivity index (χ0) is 33.1. The van der Waals surface area contributed by atoms with Gasteiger partial charge in [0.05, 0.1) is 17.2 Å². The van der Waals surface area contributed by atoms with Gasteiger partial charge in [0.25, 0.3) is 10.0 Å². The summed E-state index contributed by atoms with van der Waals surface area (Å²) < 4.78 is 34.9. The van der Waals surface area contributed by atoms with Crippen LogP contribution in [-0.2, 0) is 32.6 Å². The van der Waals surface area contributed by atoms with Crippen molar-refractivity contribution in [3.05, 3.63) is 125 Å². The summed E-state index contributed by atoms with van der Waals surface area (Å²) >= 11 is 6.56. The molecule has 0 aliphatic carbocycles. The van der Waals surface area contributed by atoms with Crippen LogP contribution in [0.2, 0.25) is 5.02 Å². The van der Waals surface area contributed by atoms with E-state index in [2.05, 4.69) is 5.32 Å². The number of anilines is 1. The average molecular weight is 662 g/mol. The van der Waals surface area contributed by atoms with Crippen molar-refractivity contribution >= 4 is 39.1 Å². The maximum Gasteiger partial charge on any atom is 0.264 e. The lowest BCUT2D eigenvalue weighted by molar-refractivity contribution is -0.140. The number of carbonyl (C=O) groups excluding carboxylic acids is 2. The highest BCUT2D eigenvalue weighted by molar-refractivity contribution is 7.92. The molecule has 0 spiro atoms. The topological polar surface area (TPSA) is 96.0 Å². The van der Waals surface area contributed by atoms with Gasteiger partial charge in [-0.05, 0) is 66.4 Å². The van der Waals surface area contributed by atoms with Crippen LogP contribution in [0.1, 0.15) is 31.9 Å². The van der Waals surface area contributed by atoms with E-state index in [4.69, 9.17) is 16.3 Å². The summed E-state index contributed by atoms with van der Waals surface area (Å²) in [5.74, 6) is -0.148. The number of amides is 2. The lowest BCUT2D eigenvalue weighted by atomic mass is 10.0. The second-order valence-electron chi connectivity index (χ2n) is 11.2. The van der Waals surface area contributed by atoms with Gasteiger partial charge in [0.2, 0.25) is 11.8 Å². The number of rotatable bonds is 15. The number of nitrogens with zero attached hydrogens (tertiary/aromatic N) is 2. The van der Waals surface area contributed by atoms with E-state index in [0.717, 1.165) is 9.87 Å². The molecule has 0 saturated heterocycles. The highest BCUT2D eigenvalue weighted by atomic mass is 35.5. The molecule has 242 valence electrons. The second-order valence-corrected chi connectivity index (χ2v) is 13.5. The Bertz CT molecular complexity index is 1680. The van der Waals surface area contributed by atoms with Gasteiger partial charge in [-0.2, -0.15) is 0 Å². The molecule has 0 aliphatic rings. The van der Waals surface area contributed by atoms with E-state index >= 15 is 0 Å². The first-order valence-electron chi connectivity index (χ1n) is 15.2. The van der Waals surface area contributed by atoms with Gasteiger partial charge < -0.3 is 15.0 Å². The molecule has 1 atom stereocenters. The largest absolute Gasteiger partial charge is 0.494 e. The van der Waals surface area contributed by atoms with Crippen molar-refractivity contribution < 1.29 is 22.7 Å². The Morgan fingerprint density at radius 1 is 0.848 bits per heavy atom. The van der Waals surface area contributed by atoms with E-state index in [1.807, 2.05) is 51.1 Å². The molecule has 0 saturated carbocycles. The van der Waals surface area contributed by atoms with Crippen molar-refractivity contribution in [3.63, 3.8) is 0 Å². The van der Waals surface area contributed by atoms with E-state index in [1.54, 1.807) is 66.7 Å². The number of nitrogens with one attached hydrogen (secondary N) is 1. The van der Waals surface area contributed by atoms with Crippen LogP contribution >= 0.6 is 11.6 Å². The van der Waals surface area contributed by atoms with E-state index in [9.17, 15) is 18.0 Å². The third-order valence-corrected chi connectivity index (χ3v) is 9.46. The summed E-state index contributed by atoms with van der Waals surface area (Å²) in [7, 11) is -4.20. The fourth-order valence-corrected chi connectivity index (χ4v) is 6.54. The van der Waals surface area contributed by atoms with Crippen LogP contribution in [0, 0.1) is 5.92 Å². The number of ether oxygens (including phenoxy) is 1. The lowest BCUT2D eigenvalue weighted by Gasteiger charge is -2.34. The van der Waals surface area contributed by atoms with Gasteiger partial charge in [-0.25, -0.2) is 8.42 Å². The normalized spacial score (nSPS) is 11.9. The zero-order valence-electron chi connectivity index (χ0n) is 26.3. The van der Waals surface area contributed by atoms with Crippen molar-refractivity contribution in [2.75, 3.05) is 24.0 Å². The predicted molar refractivity (Wildman–Crippen MR) is 182 cm³/mol. The molecule has 4 rings (SSSR count). The van der Waals surface area contributed by atoms with Crippen LogP contribution in [0.25, 0.3) is 0 Å². The molecule has 0 heterocycles. The minimum absolute atomic E-state index is 0.00634. The minimum atomic E-state index is -4.20.